The largest absolute Gasteiger partial charge is 0.491 e. The van der Waals surface area contributed by atoms with Crippen molar-refractivity contribution in [2.24, 2.45) is 0 Å². The number of nitrogens with zero attached hydrogens (tertiary/aromatic N) is 3. The molecular weight excluding hydrogens is 499 g/mol. The van der Waals surface area contributed by atoms with Crippen LogP contribution in [0.1, 0.15) is 5.01 Å². The van der Waals surface area contributed by atoms with Crippen LogP contribution in [0.3, 0.4) is 0 Å². The number of anilines is 1. The van der Waals surface area contributed by atoms with Gasteiger partial charge >= 0.3 is 0 Å². The summed E-state index contributed by atoms with van der Waals surface area (Å²) in [7, 11) is 0. The molecule has 1 fully saturated rings. The summed E-state index contributed by atoms with van der Waals surface area (Å²) in [5, 5.41) is 15.7. The molecule has 4 rings (SSSR count). The molecule has 3 aromatic rings. The molecule has 0 bridgehead atoms. The Balaban J connectivity index is 1.17. The molecule has 0 radical (unpaired) electrons. The van der Waals surface area contributed by atoms with Gasteiger partial charge in [0, 0.05) is 51.0 Å². The van der Waals surface area contributed by atoms with Gasteiger partial charge in [0.05, 0.1) is 30.3 Å². The molecule has 6 nitrogen and oxygen atoms in total. The first-order valence-electron chi connectivity index (χ1n) is 10.7. The molecule has 1 saturated heterocycles. The highest BCUT2D eigenvalue weighted by molar-refractivity contribution is 7.80. The van der Waals surface area contributed by atoms with E-state index in [0.29, 0.717) is 23.1 Å². The second kappa shape index (κ2) is 11.3. The van der Waals surface area contributed by atoms with Gasteiger partial charge in [0.15, 0.2) is 0 Å². The van der Waals surface area contributed by atoms with Crippen molar-refractivity contribution in [1.82, 2.24) is 14.8 Å². The Kier molecular flexibility index (Phi) is 8.40. The average molecular weight is 526 g/mol. The van der Waals surface area contributed by atoms with Gasteiger partial charge in [-0.25, -0.2) is 4.98 Å². The van der Waals surface area contributed by atoms with Gasteiger partial charge in [-0.05, 0) is 37.3 Å². The zero-order valence-electron chi connectivity index (χ0n) is 18.3. The maximum Gasteiger partial charge on any atom is 0.121 e. The van der Waals surface area contributed by atoms with Crippen LogP contribution in [-0.2, 0) is 0 Å². The number of fused-ring (bicyclic) bond motifs is 1. The molecule has 10 heteroatoms. The SMILES string of the molecule is Cc1nc2cc(OC[C@H](O)CN3CCN(CC(=S)Nc4ccc(Cl)c(Cl)c4)CC3)ccc2s1. The number of nitrogens with one attached hydrogen (secondary N) is 1. The quantitative estimate of drug-likeness (QED) is 0.413. The van der Waals surface area contributed by atoms with Crippen molar-refractivity contribution in [3.63, 3.8) is 0 Å². The van der Waals surface area contributed by atoms with Gasteiger partial charge in [0.1, 0.15) is 18.5 Å². The lowest BCUT2D eigenvalue weighted by atomic mass is 10.2. The van der Waals surface area contributed by atoms with E-state index in [-0.39, 0.29) is 6.61 Å². The molecule has 0 spiro atoms. The third-order valence-electron chi connectivity index (χ3n) is 5.41. The second-order valence-corrected chi connectivity index (χ2v) is 10.6. The van der Waals surface area contributed by atoms with Crippen LogP contribution in [-0.4, -0.2) is 76.9 Å². The molecule has 1 aliphatic heterocycles. The lowest BCUT2D eigenvalue weighted by molar-refractivity contribution is 0.0489. The summed E-state index contributed by atoms with van der Waals surface area (Å²) in [5.41, 5.74) is 1.77. The smallest absolute Gasteiger partial charge is 0.121 e. The summed E-state index contributed by atoms with van der Waals surface area (Å²) in [6, 6.07) is 11.3. The zero-order valence-corrected chi connectivity index (χ0v) is 21.4. The van der Waals surface area contributed by atoms with Crippen LogP contribution >= 0.6 is 46.8 Å². The van der Waals surface area contributed by atoms with Crippen molar-refractivity contribution < 1.29 is 9.84 Å². The molecule has 0 amide bonds. The van der Waals surface area contributed by atoms with Crippen LogP contribution in [0.5, 0.6) is 5.75 Å². The fourth-order valence-electron chi connectivity index (χ4n) is 3.76. The average Bonchev–Trinajstić information content (AvgIpc) is 3.15. The number of rotatable bonds is 8. The van der Waals surface area contributed by atoms with E-state index < -0.39 is 6.10 Å². The summed E-state index contributed by atoms with van der Waals surface area (Å²) in [6.45, 7) is 7.02. The van der Waals surface area contributed by atoms with Gasteiger partial charge in [-0.2, -0.15) is 0 Å². The summed E-state index contributed by atoms with van der Waals surface area (Å²) in [5.74, 6) is 0.736. The fraction of sp³-hybridized carbons (Fsp3) is 0.391. The first-order valence-corrected chi connectivity index (χ1v) is 12.7. The third kappa shape index (κ3) is 6.99. The zero-order chi connectivity index (χ0) is 23.4. The summed E-state index contributed by atoms with van der Waals surface area (Å²) in [4.78, 5) is 9.79. The number of aromatic nitrogens is 1. The fourth-order valence-corrected chi connectivity index (χ4v) is 5.17. The maximum atomic E-state index is 10.5. The van der Waals surface area contributed by atoms with E-state index in [1.165, 1.54) is 0 Å². The molecule has 0 saturated carbocycles. The predicted octanol–water partition coefficient (Wildman–Crippen LogP) is 4.71. The van der Waals surface area contributed by atoms with E-state index in [9.17, 15) is 5.11 Å². The molecule has 1 atom stereocenters. The van der Waals surface area contributed by atoms with Crippen molar-refractivity contribution in [2.75, 3.05) is 51.2 Å². The van der Waals surface area contributed by atoms with E-state index >= 15 is 0 Å². The summed E-state index contributed by atoms with van der Waals surface area (Å²) < 4.78 is 6.95. The first kappa shape index (κ1) is 24.6. The Morgan fingerprint density at radius 1 is 1.15 bits per heavy atom. The standard InChI is InChI=1S/C23H26Cl2N4O2S2/c1-15-26-21-11-18(3-5-22(21)33-15)31-14-17(30)12-28-6-8-29(9-7-28)13-23(32)27-16-2-4-19(24)20(25)10-16/h2-5,10-11,17,30H,6-9,12-14H2,1H3,(H,27,32)/t17-/m1/s1. The van der Waals surface area contributed by atoms with E-state index in [4.69, 9.17) is 40.2 Å². The van der Waals surface area contributed by atoms with E-state index in [1.807, 2.05) is 31.2 Å². The van der Waals surface area contributed by atoms with Gasteiger partial charge in [-0.3, -0.25) is 9.80 Å². The molecule has 2 heterocycles. The number of piperazine rings is 1. The number of hydrogen-bond donors (Lipinski definition) is 2. The summed E-state index contributed by atoms with van der Waals surface area (Å²) in [6.07, 6.45) is -0.554. The molecule has 1 aliphatic rings. The number of halogens is 2. The highest BCUT2D eigenvalue weighted by Gasteiger charge is 2.20. The molecule has 2 aromatic carbocycles. The number of aliphatic hydroxyl groups excluding tert-OH is 1. The number of benzene rings is 2. The summed E-state index contributed by atoms with van der Waals surface area (Å²) >= 11 is 19.2. The number of thiocarbonyl (C=S) groups is 1. The highest BCUT2D eigenvalue weighted by Crippen LogP contribution is 2.26. The van der Waals surface area contributed by atoms with Crippen molar-refractivity contribution in [3.05, 3.63) is 51.5 Å². The predicted molar refractivity (Wildman–Crippen MR) is 141 cm³/mol. The topological polar surface area (TPSA) is 60.9 Å². The Morgan fingerprint density at radius 2 is 1.91 bits per heavy atom. The highest BCUT2D eigenvalue weighted by atomic mass is 35.5. The number of β-amino-alcohol motifs (C(OH)–C–C–N with tert-alkyl or cyclic N) is 1. The number of ether oxygens (including phenoxy) is 1. The van der Waals surface area contributed by atoms with Gasteiger partial charge < -0.3 is 15.2 Å². The molecular formula is C23H26Cl2N4O2S2. The Morgan fingerprint density at radius 3 is 2.67 bits per heavy atom. The minimum atomic E-state index is -0.554. The first-order chi connectivity index (χ1) is 15.9. The van der Waals surface area contributed by atoms with E-state index in [2.05, 4.69) is 20.1 Å². The van der Waals surface area contributed by atoms with Crippen LogP contribution in [0.2, 0.25) is 10.0 Å². The maximum absolute atomic E-state index is 10.5. The lowest BCUT2D eigenvalue weighted by Gasteiger charge is -2.35. The van der Waals surface area contributed by atoms with Gasteiger partial charge in [-0.15, -0.1) is 11.3 Å². The van der Waals surface area contributed by atoms with Gasteiger partial charge in [0.2, 0.25) is 0 Å². The van der Waals surface area contributed by atoms with E-state index in [0.717, 1.165) is 57.8 Å². The number of hydrogen-bond acceptors (Lipinski definition) is 7. The van der Waals surface area contributed by atoms with Gasteiger partial charge in [0.25, 0.3) is 0 Å². The van der Waals surface area contributed by atoms with E-state index in [1.54, 1.807) is 23.5 Å². The van der Waals surface area contributed by atoms with Crippen molar-refractivity contribution in [1.29, 1.82) is 0 Å². The Hall–Kier alpha value is -1.52. The molecule has 33 heavy (non-hydrogen) atoms. The number of aliphatic hydroxyl groups is 1. The van der Waals surface area contributed by atoms with Crippen molar-refractivity contribution in [2.45, 2.75) is 13.0 Å². The van der Waals surface area contributed by atoms with Crippen LogP contribution < -0.4 is 10.1 Å². The number of aryl methyl sites for hydroxylation is 1. The normalized spacial score (nSPS) is 16.1. The monoisotopic (exact) mass is 524 g/mol. The minimum absolute atomic E-state index is 0.256. The second-order valence-electron chi connectivity index (χ2n) is 8.08. The molecule has 0 unspecified atom stereocenters. The Bertz CT molecular complexity index is 1120. The van der Waals surface area contributed by atoms with Crippen LogP contribution in [0.4, 0.5) is 5.69 Å². The molecule has 176 valence electrons. The number of thiazole rings is 1. The lowest BCUT2D eigenvalue weighted by Crippen LogP contribution is -2.50. The van der Waals surface area contributed by atoms with Crippen molar-refractivity contribution in [3.8, 4) is 5.75 Å². The molecule has 1 aromatic heterocycles. The van der Waals surface area contributed by atoms with Crippen LogP contribution in [0.25, 0.3) is 10.2 Å². The Labute approximate surface area is 213 Å². The van der Waals surface area contributed by atoms with Crippen molar-refractivity contribution >= 4 is 67.6 Å². The third-order valence-corrected chi connectivity index (χ3v) is 7.33. The van der Waals surface area contributed by atoms with Crippen LogP contribution in [0.15, 0.2) is 36.4 Å². The molecule has 2 N–H and O–H groups in total. The van der Waals surface area contributed by atoms with Gasteiger partial charge in [-0.1, -0.05) is 35.4 Å². The van der Waals surface area contributed by atoms with Crippen LogP contribution in [0, 0.1) is 6.92 Å². The molecule has 0 aliphatic carbocycles. The minimum Gasteiger partial charge on any atom is -0.491 e.